The number of fused-ring (bicyclic) bond motifs is 4. The van der Waals surface area contributed by atoms with Crippen molar-refractivity contribution in [2.75, 3.05) is 19.8 Å². The van der Waals surface area contributed by atoms with Gasteiger partial charge in [-0.2, -0.15) is 0 Å². The summed E-state index contributed by atoms with van der Waals surface area (Å²) < 4.78 is 51.0. The van der Waals surface area contributed by atoms with Gasteiger partial charge in [-0.3, -0.25) is 0 Å². The normalized spacial score (nSPS) is 57.8. The maximum atomic E-state index is 12.2. The minimum Gasteiger partial charge on any atom is -0.394 e. The van der Waals surface area contributed by atoms with Gasteiger partial charge in [0.15, 0.2) is 24.7 Å². The third kappa shape index (κ3) is 7.19. The molecule has 2 spiro atoms. The van der Waals surface area contributed by atoms with Crippen LogP contribution in [0.4, 0.5) is 0 Å². The summed E-state index contributed by atoms with van der Waals surface area (Å²) >= 11 is 0. The van der Waals surface area contributed by atoms with Gasteiger partial charge in [0.25, 0.3) is 0 Å². The lowest BCUT2D eigenvalue weighted by atomic mass is 9.35. The SMILES string of the molecule is CC(C)=C[C@H]1C[C@](C)(O)[C@@H]2[C@H]3CC[C@@H]4[C@@]5(C)CC[C@H](O[C@@H]6OC[C@H](O)[C@H](O[C@@H]7O[C@H](CO)[C@@H](O)[C@H](O)[C@H]7O)[C@H]6O[C@@H]6O[C@@H](C)[C@H](O)[C@@H](O)[C@H]6O)C(C)(C)[C@@H]5CC[C@@]4(C)[C@@]34CO[C@@]2(C4)O1. The molecule has 0 aromatic carbocycles. The summed E-state index contributed by atoms with van der Waals surface area (Å²) in [5.41, 5.74) is -0.471. The predicted molar refractivity (Wildman–Crippen MR) is 223 cm³/mol. The van der Waals surface area contributed by atoms with E-state index in [-0.39, 0.29) is 46.7 Å². The Hall–Kier alpha value is -0.940. The molecule has 17 heteroatoms. The fraction of sp³-hybridized carbons (Fsp3) is 0.957. The number of aliphatic hydroxyl groups is 9. The van der Waals surface area contributed by atoms with Gasteiger partial charge in [-0.05, 0) is 100 Å². The van der Waals surface area contributed by atoms with E-state index in [1.807, 2.05) is 6.92 Å². The first kappa shape index (κ1) is 48.1. The molecule has 9 fully saturated rings. The Kier molecular flexibility index (Phi) is 12.5. The smallest absolute Gasteiger partial charge is 0.187 e. The van der Waals surface area contributed by atoms with E-state index >= 15 is 0 Å². The Morgan fingerprint density at radius 2 is 1.41 bits per heavy atom. The molecule has 64 heavy (non-hydrogen) atoms. The number of ether oxygens (including phenoxy) is 8. The van der Waals surface area contributed by atoms with Gasteiger partial charge < -0.3 is 83.9 Å². The van der Waals surface area contributed by atoms with Gasteiger partial charge in [-0.1, -0.05) is 39.3 Å². The third-order valence-electron chi connectivity index (χ3n) is 18.7. The van der Waals surface area contributed by atoms with Crippen molar-refractivity contribution in [1.29, 1.82) is 0 Å². The summed E-state index contributed by atoms with van der Waals surface area (Å²) in [4.78, 5) is 0. The summed E-state index contributed by atoms with van der Waals surface area (Å²) in [6.45, 7) is 16.7. The van der Waals surface area contributed by atoms with E-state index in [2.05, 4.69) is 47.6 Å². The monoisotopic (exact) mass is 913 g/mol. The van der Waals surface area contributed by atoms with Crippen LogP contribution in [0.15, 0.2) is 11.6 Å². The molecule has 4 saturated carbocycles. The molecular weight excluding hydrogens is 836 g/mol. The highest BCUT2D eigenvalue weighted by Crippen LogP contribution is 2.80. The van der Waals surface area contributed by atoms with E-state index < -0.39 is 116 Å². The van der Waals surface area contributed by atoms with Crippen LogP contribution in [-0.4, -0.2) is 175 Å². The molecule has 0 unspecified atom stereocenters. The first-order valence-electron chi connectivity index (χ1n) is 23.9. The highest BCUT2D eigenvalue weighted by Gasteiger charge is 2.81. The highest BCUT2D eigenvalue weighted by atomic mass is 16.8. The Balaban J connectivity index is 0.974. The van der Waals surface area contributed by atoms with E-state index in [1.165, 1.54) is 6.92 Å². The molecule has 2 bridgehead atoms. The van der Waals surface area contributed by atoms with Gasteiger partial charge in [0.1, 0.15) is 61.0 Å². The summed E-state index contributed by atoms with van der Waals surface area (Å²) in [7, 11) is 0. The number of hydrogen-bond donors (Lipinski definition) is 9. The number of hydrogen-bond acceptors (Lipinski definition) is 17. The van der Waals surface area contributed by atoms with Crippen molar-refractivity contribution < 1.29 is 83.9 Å². The predicted octanol–water partition coefficient (Wildman–Crippen LogP) is 0.994. The molecule has 9 N–H and O–H groups in total. The summed E-state index contributed by atoms with van der Waals surface area (Å²) in [6, 6.07) is 0. The van der Waals surface area contributed by atoms with Crippen LogP contribution in [0.2, 0.25) is 0 Å². The van der Waals surface area contributed by atoms with E-state index in [9.17, 15) is 46.0 Å². The first-order valence-corrected chi connectivity index (χ1v) is 23.9. The van der Waals surface area contributed by atoms with Crippen molar-refractivity contribution in [3.63, 3.8) is 0 Å². The van der Waals surface area contributed by atoms with Crippen LogP contribution in [-0.2, 0) is 37.9 Å². The molecule has 0 aromatic rings. The number of rotatable bonds is 8. The molecule has 4 aliphatic carbocycles. The van der Waals surface area contributed by atoms with Crippen LogP contribution >= 0.6 is 0 Å². The summed E-state index contributed by atoms with van der Waals surface area (Å²) in [6.07, 6.45) is -12.6. The Labute approximate surface area is 376 Å². The average molecular weight is 913 g/mol. The highest BCUT2D eigenvalue weighted by molar-refractivity contribution is 5.26. The first-order chi connectivity index (χ1) is 29.9. The van der Waals surface area contributed by atoms with Crippen molar-refractivity contribution in [3.05, 3.63) is 11.6 Å². The van der Waals surface area contributed by atoms with Gasteiger partial charge in [0, 0.05) is 24.2 Å². The molecule has 9 rings (SSSR count). The summed E-state index contributed by atoms with van der Waals surface area (Å²) in [5.74, 6) is -0.0364. The van der Waals surface area contributed by atoms with Gasteiger partial charge >= 0.3 is 0 Å². The van der Waals surface area contributed by atoms with Gasteiger partial charge in [0.2, 0.25) is 0 Å². The minimum absolute atomic E-state index is 0.0656. The zero-order chi connectivity index (χ0) is 46.3. The quantitative estimate of drug-likeness (QED) is 0.122. The molecule has 9 aliphatic rings. The van der Waals surface area contributed by atoms with Crippen LogP contribution < -0.4 is 0 Å². The van der Waals surface area contributed by atoms with Gasteiger partial charge in [-0.15, -0.1) is 0 Å². The van der Waals surface area contributed by atoms with Crippen LogP contribution in [0, 0.1) is 45.3 Å². The second-order valence-electron chi connectivity index (χ2n) is 23.0. The minimum atomic E-state index is -1.79. The average Bonchev–Trinajstić information content (AvgIpc) is 3.74. The van der Waals surface area contributed by atoms with Crippen LogP contribution in [0.5, 0.6) is 0 Å². The maximum Gasteiger partial charge on any atom is 0.187 e. The lowest BCUT2D eigenvalue weighted by Gasteiger charge is -2.70. The zero-order valence-electron chi connectivity index (χ0n) is 38.7. The van der Waals surface area contributed by atoms with Gasteiger partial charge in [0.05, 0.1) is 43.7 Å². The van der Waals surface area contributed by atoms with Crippen molar-refractivity contribution >= 4 is 0 Å². The molecule has 17 nitrogen and oxygen atoms in total. The molecule has 5 heterocycles. The Morgan fingerprint density at radius 1 is 0.734 bits per heavy atom. The lowest BCUT2D eigenvalue weighted by Crippen LogP contribution is -2.68. The number of allylic oxidation sites excluding steroid dienone is 1. The molecule has 0 amide bonds. The zero-order valence-corrected chi connectivity index (χ0v) is 38.7. The van der Waals surface area contributed by atoms with Crippen LogP contribution in [0.3, 0.4) is 0 Å². The topological polar surface area (TPSA) is 256 Å². The molecular formula is C47H76O17. The van der Waals surface area contributed by atoms with Crippen molar-refractivity contribution in [1.82, 2.24) is 0 Å². The van der Waals surface area contributed by atoms with E-state index in [1.54, 1.807) is 0 Å². The van der Waals surface area contributed by atoms with E-state index in [0.29, 0.717) is 25.4 Å². The van der Waals surface area contributed by atoms with E-state index in [0.717, 1.165) is 44.1 Å². The lowest BCUT2D eigenvalue weighted by molar-refractivity contribution is -0.388. The molecule has 5 saturated heterocycles. The van der Waals surface area contributed by atoms with Crippen molar-refractivity contribution in [2.24, 2.45) is 45.3 Å². The van der Waals surface area contributed by atoms with Crippen molar-refractivity contribution in [3.8, 4) is 0 Å². The van der Waals surface area contributed by atoms with Crippen LogP contribution in [0.1, 0.15) is 107 Å². The third-order valence-corrected chi connectivity index (χ3v) is 18.7. The molecule has 5 aliphatic heterocycles. The Morgan fingerprint density at radius 3 is 2.09 bits per heavy atom. The molecule has 0 aromatic heterocycles. The van der Waals surface area contributed by atoms with E-state index in [4.69, 9.17) is 37.9 Å². The number of aliphatic hydroxyl groups excluding tert-OH is 8. The standard InChI is InChI=1S/C47H76O17/c1-21(2)15-23-16-45(8,56)38-24-9-10-28-43(6)13-12-29(42(4,5)27(43)11-14-44(28,7)46(24)19-47(38,64-23)58-20-46)61-41-37(63-39-34(54)32(52)30(50)22(3)59-39)36(25(49)18-57-41)62-40-35(55)33(53)31(51)26(17-48)60-40/h15,22-41,48-56H,9-14,16-20H2,1-8H3/t22-,23-,24+,25-,26+,27-,28+,29-,30-,31+,32+,33-,34+,35+,36-,37+,38-,39-,40-,41-,43-,44+,45-,46-,47-/m0/s1. The fourth-order valence-corrected chi connectivity index (χ4v) is 15.8. The van der Waals surface area contributed by atoms with Crippen LogP contribution in [0.25, 0.3) is 0 Å². The largest absolute Gasteiger partial charge is 0.394 e. The molecule has 366 valence electrons. The molecule has 0 radical (unpaired) electrons. The van der Waals surface area contributed by atoms with Gasteiger partial charge in [-0.25, -0.2) is 0 Å². The maximum absolute atomic E-state index is 12.2. The second kappa shape index (κ2) is 16.6. The fourth-order valence-electron chi connectivity index (χ4n) is 15.8. The Bertz CT molecular complexity index is 1740. The molecule has 25 atom stereocenters. The summed E-state index contributed by atoms with van der Waals surface area (Å²) in [5, 5.41) is 97.7. The van der Waals surface area contributed by atoms with Crippen molar-refractivity contribution in [2.45, 2.75) is 216 Å². The second-order valence-corrected chi connectivity index (χ2v) is 23.0.